The van der Waals surface area contributed by atoms with Crippen molar-refractivity contribution in [2.75, 3.05) is 13.1 Å². The number of aromatic nitrogens is 1. The summed E-state index contributed by atoms with van der Waals surface area (Å²) >= 11 is 0. The van der Waals surface area contributed by atoms with Gasteiger partial charge in [-0.1, -0.05) is 6.08 Å². The average Bonchev–Trinajstić information content (AvgIpc) is 2.93. The molecular formula is C19H28N2O4. The van der Waals surface area contributed by atoms with Gasteiger partial charge in [0.15, 0.2) is 0 Å². The summed E-state index contributed by atoms with van der Waals surface area (Å²) in [5.74, 6) is 0. The van der Waals surface area contributed by atoms with Crippen molar-refractivity contribution in [3.63, 3.8) is 0 Å². The lowest BCUT2D eigenvalue weighted by Gasteiger charge is -2.30. The molecule has 0 unspecified atom stereocenters. The molecule has 1 aromatic heterocycles. The lowest BCUT2D eigenvalue weighted by molar-refractivity contribution is 0.0273. The Hall–Kier alpha value is -2.24. The van der Waals surface area contributed by atoms with Crippen LogP contribution >= 0.6 is 0 Å². The molecule has 0 saturated heterocycles. The highest BCUT2D eigenvalue weighted by Crippen LogP contribution is 2.24. The second-order valence-electron chi connectivity index (χ2n) is 8.16. The molecule has 25 heavy (non-hydrogen) atoms. The van der Waals surface area contributed by atoms with Crippen LogP contribution in [0.5, 0.6) is 0 Å². The third kappa shape index (κ3) is 5.37. The third-order valence-corrected chi connectivity index (χ3v) is 3.47. The van der Waals surface area contributed by atoms with Gasteiger partial charge in [0.05, 0.1) is 12.2 Å². The predicted octanol–water partition coefficient (Wildman–Crippen LogP) is 4.30. The van der Waals surface area contributed by atoms with Crippen LogP contribution in [0.15, 0.2) is 24.4 Å². The van der Waals surface area contributed by atoms with Gasteiger partial charge in [0.25, 0.3) is 0 Å². The third-order valence-electron chi connectivity index (χ3n) is 3.47. The van der Waals surface area contributed by atoms with Crippen molar-refractivity contribution in [3.05, 3.63) is 30.1 Å². The average molecular weight is 348 g/mol. The van der Waals surface area contributed by atoms with Gasteiger partial charge in [0.1, 0.15) is 11.2 Å². The molecule has 0 atom stereocenters. The summed E-state index contributed by atoms with van der Waals surface area (Å²) in [5, 5.41) is 0. The fourth-order valence-corrected chi connectivity index (χ4v) is 2.52. The van der Waals surface area contributed by atoms with Crippen molar-refractivity contribution in [2.45, 2.75) is 59.2 Å². The van der Waals surface area contributed by atoms with Crippen LogP contribution in [-0.4, -0.2) is 45.9 Å². The number of carbonyl (C=O) groups excluding carboxylic acids is 2. The van der Waals surface area contributed by atoms with Crippen LogP contribution in [-0.2, 0) is 9.47 Å². The van der Waals surface area contributed by atoms with E-state index in [0.29, 0.717) is 19.5 Å². The van der Waals surface area contributed by atoms with E-state index in [1.54, 1.807) is 17.2 Å². The molecule has 1 aliphatic heterocycles. The van der Waals surface area contributed by atoms with Crippen LogP contribution in [0.25, 0.3) is 5.57 Å². The van der Waals surface area contributed by atoms with E-state index >= 15 is 0 Å². The summed E-state index contributed by atoms with van der Waals surface area (Å²) in [6.45, 7) is 12.0. The molecule has 6 nitrogen and oxygen atoms in total. The Bertz CT molecular complexity index is 674. The maximum Gasteiger partial charge on any atom is 0.418 e. The van der Waals surface area contributed by atoms with Gasteiger partial charge in [-0.25, -0.2) is 9.59 Å². The lowest BCUT2D eigenvalue weighted by atomic mass is 10.1. The van der Waals surface area contributed by atoms with Gasteiger partial charge >= 0.3 is 12.2 Å². The van der Waals surface area contributed by atoms with E-state index < -0.39 is 17.3 Å². The summed E-state index contributed by atoms with van der Waals surface area (Å²) in [5.41, 5.74) is 0.549. The van der Waals surface area contributed by atoms with Crippen molar-refractivity contribution < 1.29 is 19.1 Å². The van der Waals surface area contributed by atoms with Crippen LogP contribution in [0.4, 0.5) is 9.59 Å². The molecular weight excluding hydrogens is 320 g/mol. The first kappa shape index (κ1) is 19.1. The topological polar surface area (TPSA) is 60.8 Å². The van der Waals surface area contributed by atoms with Gasteiger partial charge in [-0.2, -0.15) is 0 Å². The highest BCUT2D eigenvalue weighted by atomic mass is 16.6. The zero-order valence-electron chi connectivity index (χ0n) is 16.0. The molecule has 138 valence electrons. The zero-order valence-corrected chi connectivity index (χ0v) is 16.0. The lowest BCUT2D eigenvalue weighted by Crippen LogP contribution is -2.40. The molecule has 0 N–H and O–H groups in total. The number of hydrogen-bond acceptors (Lipinski definition) is 4. The first-order valence-electron chi connectivity index (χ1n) is 8.54. The quantitative estimate of drug-likeness (QED) is 0.759. The van der Waals surface area contributed by atoms with Crippen molar-refractivity contribution in [2.24, 2.45) is 0 Å². The summed E-state index contributed by atoms with van der Waals surface area (Å²) in [6, 6.07) is 3.65. The minimum atomic E-state index is -0.567. The Kier molecular flexibility index (Phi) is 5.30. The number of amides is 1. The summed E-state index contributed by atoms with van der Waals surface area (Å²) in [4.78, 5) is 26.4. The fourth-order valence-electron chi connectivity index (χ4n) is 2.52. The molecule has 1 amide bonds. The Morgan fingerprint density at radius 3 is 2.20 bits per heavy atom. The minimum Gasteiger partial charge on any atom is -0.444 e. The smallest absolute Gasteiger partial charge is 0.418 e. The highest BCUT2D eigenvalue weighted by molar-refractivity contribution is 5.80. The number of nitrogens with zero attached hydrogens (tertiary/aromatic N) is 2. The Labute approximate surface area is 149 Å². The molecule has 0 aliphatic carbocycles. The van der Waals surface area contributed by atoms with Crippen LogP contribution in [0.2, 0.25) is 0 Å². The Morgan fingerprint density at radius 1 is 1.00 bits per heavy atom. The summed E-state index contributed by atoms with van der Waals surface area (Å²) < 4.78 is 12.4. The standard InChI is InChI=1S/C19H28N2O4/c1-18(2,3)24-16(22)20-11-7-9-14(13-20)15-10-8-12-21(15)17(23)25-19(4,5)6/h8-10,12H,7,11,13H2,1-6H3. The van der Waals surface area contributed by atoms with Crippen LogP contribution < -0.4 is 0 Å². The van der Waals surface area contributed by atoms with E-state index in [1.807, 2.05) is 47.6 Å². The largest absolute Gasteiger partial charge is 0.444 e. The van der Waals surface area contributed by atoms with E-state index in [1.165, 1.54) is 4.57 Å². The fraction of sp³-hybridized carbons (Fsp3) is 0.579. The van der Waals surface area contributed by atoms with Crippen molar-refractivity contribution in [1.82, 2.24) is 9.47 Å². The molecule has 0 radical (unpaired) electrons. The van der Waals surface area contributed by atoms with Crippen LogP contribution in [0.1, 0.15) is 53.7 Å². The molecule has 1 aromatic rings. The summed E-state index contributed by atoms with van der Waals surface area (Å²) in [6.07, 6.45) is 3.68. The molecule has 1 aliphatic rings. The molecule has 2 rings (SSSR count). The number of rotatable bonds is 1. The molecule has 0 fully saturated rings. The van der Waals surface area contributed by atoms with E-state index in [2.05, 4.69) is 6.08 Å². The first-order chi connectivity index (χ1) is 11.5. The summed E-state index contributed by atoms with van der Waals surface area (Å²) in [7, 11) is 0. The molecule has 0 saturated carbocycles. The molecule has 0 spiro atoms. The maximum absolute atomic E-state index is 12.4. The number of hydrogen-bond donors (Lipinski definition) is 0. The van der Waals surface area contributed by atoms with Gasteiger partial charge in [0, 0.05) is 12.7 Å². The van der Waals surface area contributed by atoms with Gasteiger partial charge in [-0.15, -0.1) is 0 Å². The second kappa shape index (κ2) is 6.94. The van der Waals surface area contributed by atoms with Gasteiger partial charge < -0.3 is 14.4 Å². The Morgan fingerprint density at radius 2 is 1.60 bits per heavy atom. The second-order valence-corrected chi connectivity index (χ2v) is 8.16. The van der Waals surface area contributed by atoms with Gasteiger partial charge in [-0.3, -0.25) is 4.57 Å². The van der Waals surface area contributed by atoms with E-state index in [-0.39, 0.29) is 6.09 Å². The maximum atomic E-state index is 12.4. The number of carbonyl (C=O) groups is 2. The van der Waals surface area contributed by atoms with E-state index in [4.69, 9.17) is 9.47 Å². The van der Waals surface area contributed by atoms with Gasteiger partial charge in [-0.05, 0) is 65.7 Å². The van der Waals surface area contributed by atoms with Crippen molar-refractivity contribution >= 4 is 17.8 Å². The highest BCUT2D eigenvalue weighted by Gasteiger charge is 2.27. The molecule has 0 aromatic carbocycles. The van der Waals surface area contributed by atoms with Crippen molar-refractivity contribution in [3.8, 4) is 0 Å². The molecule has 6 heteroatoms. The SMILES string of the molecule is CC(C)(C)OC(=O)N1CCC=C(c2cccn2C(=O)OC(C)(C)C)C1. The van der Waals surface area contributed by atoms with E-state index in [9.17, 15) is 9.59 Å². The molecule has 2 heterocycles. The number of ether oxygens (including phenoxy) is 2. The Balaban J connectivity index is 2.15. The van der Waals surface area contributed by atoms with Gasteiger partial charge in [0.2, 0.25) is 0 Å². The normalized spacial score (nSPS) is 15.6. The van der Waals surface area contributed by atoms with Crippen LogP contribution in [0.3, 0.4) is 0 Å². The van der Waals surface area contributed by atoms with E-state index in [0.717, 1.165) is 11.3 Å². The minimum absolute atomic E-state index is 0.339. The first-order valence-corrected chi connectivity index (χ1v) is 8.54. The van der Waals surface area contributed by atoms with Crippen molar-refractivity contribution in [1.29, 1.82) is 0 Å². The molecule has 0 bridgehead atoms. The zero-order chi connectivity index (χ0) is 18.8. The van der Waals surface area contributed by atoms with Crippen LogP contribution in [0, 0.1) is 0 Å². The predicted molar refractivity (Wildman–Crippen MR) is 96.5 cm³/mol. The monoisotopic (exact) mass is 348 g/mol.